The Labute approximate surface area is 124 Å². The van der Waals surface area contributed by atoms with Gasteiger partial charge in [-0.2, -0.15) is 0 Å². The Hall–Kier alpha value is 2.51. The molecule has 14 heavy (non-hydrogen) atoms. The van der Waals surface area contributed by atoms with Gasteiger partial charge in [0.2, 0.25) is 0 Å². The first-order valence-electron chi connectivity index (χ1n) is 1.89. The molecule has 0 radical (unpaired) electrons. The third-order valence-electron chi connectivity index (χ3n) is 0. The molecule has 84 valence electrons. The monoisotopic (exact) mass is 530 g/mol. The fraction of sp³-hybridized carbons (Fsp3) is 0. The summed E-state index contributed by atoms with van der Waals surface area (Å²) >= 11 is 0. The van der Waals surface area contributed by atoms with Gasteiger partial charge in [-0.15, -0.1) is 0 Å². The summed E-state index contributed by atoms with van der Waals surface area (Å²) in [4.78, 5) is 33.8. The van der Waals surface area contributed by atoms with Crippen molar-refractivity contribution in [2.75, 3.05) is 0 Å². The Kier molecular flexibility index (Phi) is 198. The molecule has 0 saturated carbocycles. The van der Waals surface area contributed by atoms with E-state index in [9.17, 15) is 0 Å². The van der Waals surface area contributed by atoms with Crippen LogP contribution in [0.15, 0.2) is 0 Å². The van der Waals surface area contributed by atoms with Crippen LogP contribution in [0.25, 0.3) is 0 Å². The molecule has 0 aromatic rings. The largest absolute Gasteiger partial charge is 4.00 e. The predicted octanol–water partition coefficient (Wildman–Crippen LogP) is -3.93. The Morgan fingerprint density at radius 1 is 0.571 bits per heavy atom. The van der Waals surface area contributed by atoms with Crippen molar-refractivity contribution in [1.82, 2.24) is 0 Å². The van der Waals surface area contributed by atoms with Crippen LogP contribution >= 0.6 is 34.7 Å². The van der Waals surface area contributed by atoms with Crippen LogP contribution in [0.2, 0.25) is 0 Å². The van der Waals surface area contributed by atoms with E-state index in [-0.39, 0.29) is 52.0 Å². The van der Waals surface area contributed by atoms with E-state index in [2.05, 4.69) is 0 Å². The van der Waals surface area contributed by atoms with Crippen LogP contribution in [0.3, 0.4) is 0 Å². The fourth-order valence-electron chi connectivity index (χ4n) is 0. The average Bonchev–Trinajstić information content (AvgIpc) is 1.92. The maximum atomic E-state index is 8.46. The minimum absolute atomic E-state index is 0. The average molecular weight is 530 g/mol. The molecule has 0 N–H and O–H groups in total. The predicted molar refractivity (Wildman–Crippen MR) is 41.6 cm³/mol. The van der Waals surface area contributed by atoms with Gasteiger partial charge in [-0.1, -0.05) is 0 Å². The van der Waals surface area contributed by atoms with Crippen molar-refractivity contribution in [1.29, 1.82) is 0 Å². The first-order chi connectivity index (χ1) is 5.66. The van der Waals surface area contributed by atoms with Gasteiger partial charge in [-0.05, 0) is 34.7 Å². The zero-order chi connectivity index (χ0) is 10.8. The molecule has 0 spiro atoms. The minimum Gasteiger partial charge on any atom is -0.804 e. The number of hydrogen-bond acceptors (Lipinski definition) is 8. The third kappa shape index (κ3) is 420. The molecule has 0 bridgehead atoms. The van der Waals surface area contributed by atoms with Gasteiger partial charge in [-0.25, -0.2) is 0 Å². The second-order valence-electron chi connectivity index (χ2n) is 0.385. The molecule has 0 rings (SSSR count). The van der Waals surface area contributed by atoms with E-state index in [1.807, 2.05) is 0 Å². The fourth-order valence-corrected chi connectivity index (χ4v) is 0. The normalized spacial score (nSPS) is 8.29. The van der Waals surface area contributed by atoms with Gasteiger partial charge in [0.05, 0.1) is 0 Å². The minimum atomic E-state index is -1.75. The second-order valence-corrected chi connectivity index (χ2v) is 1.15. The molecule has 0 fully saturated rings. The van der Waals surface area contributed by atoms with Crippen molar-refractivity contribution < 1.29 is 89.9 Å². The molecule has 0 heterocycles. The SMILES string of the molecule is O=[PH2][O-].O=[PH2][O-].O=[PH2][O-].O=[PH2][O-].[Hf+4].[Zr]. The van der Waals surface area contributed by atoms with Gasteiger partial charge in [0.25, 0.3) is 0 Å². The van der Waals surface area contributed by atoms with Crippen LogP contribution in [0.5, 0.6) is 0 Å². The molecule has 0 aromatic heterocycles. The van der Waals surface area contributed by atoms with E-state index in [1.165, 1.54) is 0 Å². The molecule has 0 aliphatic carbocycles. The summed E-state index contributed by atoms with van der Waals surface area (Å²) in [7, 11) is -7.00. The van der Waals surface area contributed by atoms with E-state index < -0.39 is 34.7 Å². The molecule has 0 aromatic carbocycles. The molecule has 14 heteroatoms. The standard InChI is InChI=1S/Hf.4H3O2P.Zr/c;4*1-3-2;/h;4*3H2,(H,1,2);/q+4;;;;;/p-4. The van der Waals surface area contributed by atoms with Gasteiger partial charge < -0.3 is 37.8 Å². The van der Waals surface area contributed by atoms with Crippen molar-refractivity contribution in [3.05, 3.63) is 0 Å². The first kappa shape index (κ1) is 36.0. The Morgan fingerprint density at radius 2 is 0.571 bits per heavy atom. The van der Waals surface area contributed by atoms with E-state index >= 15 is 0 Å². The molecule has 4 unspecified atom stereocenters. The molecule has 0 aliphatic rings. The quantitative estimate of drug-likeness (QED) is 0.227. The van der Waals surface area contributed by atoms with Crippen LogP contribution in [0.4, 0.5) is 0 Å². The Balaban J connectivity index is -0.0000000145. The van der Waals surface area contributed by atoms with Crippen LogP contribution in [0.1, 0.15) is 0 Å². The summed E-state index contributed by atoms with van der Waals surface area (Å²) in [5.74, 6) is 0. The van der Waals surface area contributed by atoms with Crippen molar-refractivity contribution in [2.45, 2.75) is 0 Å². The second kappa shape index (κ2) is 77.0. The van der Waals surface area contributed by atoms with E-state index in [4.69, 9.17) is 37.8 Å². The van der Waals surface area contributed by atoms with Gasteiger partial charge in [0, 0.05) is 26.2 Å². The first-order valence-corrected chi connectivity index (χ1v) is 5.66. The summed E-state index contributed by atoms with van der Waals surface area (Å²) in [5, 5.41) is 0. The third-order valence-corrected chi connectivity index (χ3v) is 0. The van der Waals surface area contributed by atoms with Gasteiger partial charge in [-0.3, -0.25) is 0 Å². The molecular weight excluding hydrogens is 522 g/mol. The zero-order valence-electron chi connectivity index (χ0n) is 6.58. The van der Waals surface area contributed by atoms with Crippen molar-refractivity contribution in [2.24, 2.45) is 0 Å². The summed E-state index contributed by atoms with van der Waals surface area (Å²) in [5.41, 5.74) is 0. The van der Waals surface area contributed by atoms with Crippen LogP contribution < -0.4 is 19.6 Å². The molecular formula is H8HfO8P4Zr. The van der Waals surface area contributed by atoms with E-state index in [0.29, 0.717) is 0 Å². The van der Waals surface area contributed by atoms with Crippen LogP contribution in [-0.2, 0) is 70.3 Å². The van der Waals surface area contributed by atoms with E-state index in [0.717, 1.165) is 0 Å². The van der Waals surface area contributed by atoms with Crippen molar-refractivity contribution in [3.63, 3.8) is 0 Å². The van der Waals surface area contributed by atoms with Gasteiger partial charge in [0.15, 0.2) is 0 Å². The van der Waals surface area contributed by atoms with Crippen molar-refractivity contribution in [3.8, 4) is 0 Å². The topological polar surface area (TPSA) is 161 Å². The smallest absolute Gasteiger partial charge is 0.804 e. The molecule has 0 aliphatic heterocycles. The summed E-state index contributed by atoms with van der Waals surface area (Å²) in [6.45, 7) is 0. The number of rotatable bonds is 0. The van der Waals surface area contributed by atoms with Gasteiger partial charge >= 0.3 is 25.8 Å². The maximum Gasteiger partial charge on any atom is 4.00 e. The number of hydrogen-bond donors (Lipinski definition) is 0. The molecule has 0 amide bonds. The summed E-state index contributed by atoms with van der Waals surface area (Å²) in [6, 6.07) is 0. The van der Waals surface area contributed by atoms with Crippen LogP contribution in [0, 0.1) is 0 Å². The molecule has 8 nitrogen and oxygen atoms in total. The van der Waals surface area contributed by atoms with E-state index in [1.54, 1.807) is 0 Å². The Bertz CT molecular complexity index is 75.3. The molecule has 4 atom stereocenters. The summed E-state index contributed by atoms with van der Waals surface area (Å²) < 4.78 is 33.8. The molecule has 0 saturated heterocycles. The zero-order valence-corrected chi connectivity index (χ0v) is 17.2. The maximum absolute atomic E-state index is 8.46. The summed E-state index contributed by atoms with van der Waals surface area (Å²) in [6.07, 6.45) is 0. The van der Waals surface area contributed by atoms with Crippen molar-refractivity contribution >= 4 is 34.7 Å². The van der Waals surface area contributed by atoms with Gasteiger partial charge in [0.1, 0.15) is 0 Å². The van der Waals surface area contributed by atoms with Crippen LogP contribution in [-0.4, -0.2) is 0 Å². The Morgan fingerprint density at radius 3 is 0.571 bits per heavy atom.